The van der Waals surface area contributed by atoms with Gasteiger partial charge >= 0.3 is 0 Å². The summed E-state index contributed by atoms with van der Waals surface area (Å²) in [4.78, 5) is 12.3. The molecule has 3 heteroatoms. The number of rotatable bonds is 6. The van der Waals surface area contributed by atoms with Crippen molar-refractivity contribution in [3.8, 4) is 0 Å². The lowest BCUT2D eigenvalue weighted by Gasteiger charge is -2.36. The first-order valence-corrected chi connectivity index (χ1v) is 7.41. The monoisotopic (exact) mass is 255 g/mol. The molecule has 0 aliphatic heterocycles. The third kappa shape index (κ3) is 4.60. The van der Waals surface area contributed by atoms with Crippen molar-refractivity contribution in [2.75, 3.05) is 19.8 Å². The van der Waals surface area contributed by atoms with E-state index in [-0.39, 0.29) is 11.8 Å². The number of carbonyl (C=O) groups excluding carboxylic acids is 1. The molecule has 3 atom stereocenters. The minimum absolute atomic E-state index is 0.204. The van der Waals surface area contributed by atoms with Gasteiger partial charge in [0.25, 0.3) is 0 Å². The summed E-state index contributed by atoms with van der Waals surface area (Å²) < 4.78 is 5.25. The average Bonchev–Trinajstić information content (AvgIpc) is 2.34. The smallest absolute Gasteiger partial charge is 0.223 e. The molecule has 1 fully saturated rings. The number of hydrogen-bond acceptors (Lipinski definition) is 2. The molecule has 0 saturated heterocycles. The summed E-state index contributed by atoms with van der Waals surface area (Å²) in [5.74, 6) is 2.27. The number of hydrogen-bond donors (Lipinski definition) is 1. The van der Waals surface area contributed by atoms with Crippen LogP contribution in [0.4, 0.5) is 0 Å². The van der Waals surface area contributed by atoms with Crippen LogP contribution in [0.25, 0.3) is 0 Å². The Morgan fingerprint density at radius 3 is 2.72 bits per heavy atom. The van der Waals surface area contributed by atoms with Crippen LogP contribution in [0.1, 0.15) is 47.0 Å². The van der Waals surface area contributed by atoms with Gasteiger partial charge in [-0.3, -0.25) is 4.79 Å². The van der Waals surface area contributed by atoms with Crippen LogP contribution in [-0.4, -0.2) is 25.7 Å². The van der Waals surface area contributed by atoms with Crippen molar-refractivity contribution < 1.29 is 9.53 Å². The van der Waals surface area contributed by atoms with Crippen LogP contribution in [0.15, 0.2) is 0 Å². The van der Waals surface area contributed by atoms with E-state index in [2.05, 4.69) is 26.1 Å². The van der Waals surface area contributed by atoms with Crippen molar-refractivity contribution in [1.29, 1.82) is 0 Å². The first-order chi connectivity index (χ1) is 8.56. The molecule has 0 aromatic heterocycles. The zero-order valence-corrected chi connectivity index (χ0v) is 12.4. The predicted octanol–water partition coefficient (Wildman–Crippen LogP) is 2.85. The van der Waals surface area contributed by atoms with Crippen LogP contribution < -0.4 is 5.32 Å². The lowest BCUT2D eigenvalue weighted by atomic mass is 9.70. The standard InChI is InChI=1S/C15H29NO2/c1-5-18-9-8-16-15(17)14-10-12(4)6-7-13(14)11(2)3/h11-14H,5-10H2,1-4H3,(H,16,17). The Morgan fingerprint density at radius 1 is 1.39 bits per heavy atom. The molecule has 1 aliphatic carbocycles. The number of amides is 1. The molecule has 3 nitrogen and oxygen atoms in total. The fourth-order valence-corrected chi connectivity index (χ4v) is 3.03. The molecule has 1 aliphatic rings. The Hall–Kier alpha value is -0.570. The minimum atomic E-state index is 0.204. The summed E-state index contributed by atoms with van der Waals surface area (Å²) in [6, 6.07) is 0. The van der Waals surface area contributed by atoms with E-state index in [1.54, 1.807) is 0 Å². The van der Waals surface area contributed by atoms with Crippen LogP contribution in [0.3, 0.4) is 0 Å². The van der Waals surface area contributed by atoms with Gasteiger partial charge in [-0.25, -0.2) is 0 Å². The molecular formula is C15H29NO2. The summed E-state index contributed by atoms with van der Waals surface area (Å²) in [5.41, 5.74) is 0. The SMILES string of the molecule is CCOCCNC(=O)C1CC(C)CCC1C(C)C. The van der Waals surface area contributed by atoms with Gasteiger partial charge in [0, 0.05) is 19.1 Å². The van der Waals surface area contributed by atoms with E-state index < -0.39 is 0 Å². The second-order valence-electron chi connectivity index (χ2n) is 5.92. The Bertz CT molecular complexity index is 253. The molecule has 1 N–H and O–H groups in total. The van der Waals surface area contributed by atoms with Crippen molar-refractivity contribution in [2.45, 2.75) is 47.0 Å². The average molecular weight is 255 g/mol. The van der Waals surface area contributed by atoms with Crippen molar-refractivity contribution in [3.63, 3.8) is 0 Å². The Balaban J connectivity index is 2.45. The molecule has 1 amide bonds. The Kier molecular flexibility index (Phi) is 6.69. The largest absolute Gasteiger partial charge is 0.380 e. The molecule has 3 unspecified atom stereocenters. The first-order valence-electron chi connectivity index (χ1n) is 7.41. The molecule has 1 saturated carbocycles. The highest BCUT2D eigenvalue weighted by molar-refractivity contribution is 5.79. The second-order valence-corrected chi connectivity index (χ2v) is 5.92. The van der Waals surface area contributed by atoms with E-state index >= 15 is 0 Å². The van der Waals surface area contributed by atoms with Crippen molar-refractivity contribution in [1.82, 2.24) is 5.32 Å². The van der Waals surface area contributed by atoms with E-state index in [1.807, 2.05) is 6.92 Å². The van der Waals surface area contributed by atoms with Gasteiger partial charge in [0.2, 0.25) is 5.91 Å². The van der Waals surface area contributed by atoms with E-state index in [4.69, 9.17) is 4.74 Å². The highest BCUT2D eigenvalue weighted by Crippen LogP contribution is 2.37. The van der Waals surface area contributed by atoms with E-state index in [0.717, 1.165) is 6.42 Å². The van der Waals surface area contributed by atoms with Crippen molar-refractivity contribution in [2.24, 2.45) is 23.7 Å². The fourth-order valence-electron chi connectivity index (χ4n) is 3.03. The number of carbonyl (C=O) groups is 1. The Morgan fingerprint density at radius 2 is 2.11 bits per heavy atom. The lowest BCUT2D eigenvalue weighted by molar-refractivity contribution is -0.129. The second kappa shape index (κ2) is 7.78. The molecule has 0 aromatic rings. The van der Waals surface area contributed by atoms with Gasteiger partial charge in [-0.15, -0.1) is 0 Å². The molecule has 0 aromatic carbocycles. The third-order valence-corrected chi connectivity index (χ3v) is 4.11. The zero-order valence-electron chi connectivity index (χ0n) is 12.4. The Labute approximate surface area is 112 Å². The molecule has 1 rings (SSSR count). The van der Waals surface area contributed by atoms with Gasteiger partial charge < -0.3 is 10.1 Å². The van der Waals surface area contributed by atoms with E-state index in [0.29, 0.717) is 37.5 Å². The molecule has 18 heavy (non-hydrogen) atoms. The third-order valence-electron chi connectivity index (χ3n) is 4.11. The van der Waals surface area contributed by atoms with Gasteiger partial charge in [-0.05, 0) is 37.5 Å². The number of nitrogens with one attached hydrogen (secondary N) is 1. The van der Waals surface area contributed by atoms with Crippen molar-refractivity contribution >= 4 is 5.91 Å². The van der Waals surface area contributed by atoms with Gasteiger partial charge in [-0.1, -0.05) is 27.2 Å². The highest BCUT2D eigenvalue weighted by Gasteiger charge is 2.35. The molecular weight excluding hydrogens is 226 g/mol. The van der Waals surface area contributed by atoms with Gasteiger partial charge in [0.1, 0.15) is 0 Å². The maximum Gasteiger partial charge on any atom is 0.223 e. The molecule has 0 radical (unpaired) electrons. The lowest BCUT2D eigenvalue weighted by Crippen LogP contribution is -2.41. The predicted molar refractivity (Wildman–Crippen MR) is 74.3 cm³/mol. The van der Waals surface area contributed by atoms with Crippen LogP contribution in [0, 0.1) is 23.7 Å². The summed E-state index contributed by atoms with van der Waals surface area (Å²) in [7, 11) is 0. The van der Waals surface area contributed by atoms with Crippen LogP contribution in [0.5, 0.6) is 0 Å². The summed E-state index contributed by atoms with van der Waals surface area (Å²) >= 11 is 0. The quantitative estimate of drug-likeness (QED) is 0.741. The van der Waals surface area contributed by atoms with Crippen LogP contribution >= 0.6 is 0 Å². The topological polar surface area (TPSA) is 38.3 Å². The van der Waals surface area contributed by atoms with Crippen molar-refractivity contribution in [3.05, 3.63) is 0 Å². The zero-order chi connectivity index (χ0) is 13.5. The summed E-state index contributed by atoms with van der Waals surface area (Å²) in [6.07, 6.45) is 3.51. The molecule has 0 spiro atoms. The molecule has 0 bridgehead atoms. The fraction of sp³-hybridized carbons (Fsp3) is 0.933. The first kappa shape index (κ1) is 15.5. The van der Waals surface area contributed by atoms with Crippen LogP contribution in [-0.2, 0) is 9.53 Å². The van der Waals surface area contributed by atoms with Gasteiger partial charge in [0.05, 0.1) is 6.61 Å². The maximum absolute atomic E-state index is 12.3. The summed E-state index contributed by atoms with van der Waals surface area (Å²) in [6.45, 7) is 10.7. The van der Waals surface area contributed by atoms with E-state index in [9.17, 15) is 4.79 Å². The summed E-state index contributed by atoms with van der Waals surface area (Å²) in [5, 5.41) is 3.03. The van der Waals surface area contributed by atoms with Gasteiger partial charge in [-0.2, -0.15) is 0 Å². The van der Waals surface area contributed by atoms with Crippen LogP contribution in [0.2, 0.25) is 0 Å². The normalized spacial score (nSPS) is 28.4. The maximum atomic E-state index is 12.3. The highest BCUT2D eigenvalue weighted by atomic mass is 16.5. The number of ether oxygens (including phenoxy) is 1. The van der Waals surface area contributed by atoms with Gasteiger partial charge in [0.15, 0.2) is 0 Å². The molecule has 0 heterocycles. The van der Waals surface area contributed by atoms with E-state index in [1.165, 1.54) is 12.8 Å². The minimum Gasteiger partial charge on any atom is -0.380 e. The molecule has 106 valence electrons.